The molecule has 0 radical (unpaired) electrons. The SMILES string of the molecule is Nc1cccc(C(=O)NCc2ccc(Cl)cc2)c1. The van der Waals surface area contributed by atoms with Crippen molar-refractivity contribution in [2.45, 2.75) is 6.54 Å². The third-order valence-corrected chi connectivity index (χ3v) is 2.77. The first kappa shape index (κ1) is 12.5. The van der Waals surface area contributed by atoms with Crippen molar-refractivity contribution in [1.29, 1.82) is 0 Å². The van der Waals surface area contributed by atoms with Gasteiger partial charge in [0, 0.05) is 22.8 Å². The normalized spacial score (nSPS) is 10.1. The monoisotopic (exact) mass is 260 g/mol. The fraction of sp³-hybridized carbons (Fsp3) is 0.0714. The van der Waals surface area contributed by atoms with Crippen molar-refractivity contribution in [2.24, 2.45) is 0 Å². The second kappa shape index (κ2) is 5.56. The highest BCUT2D eigenvalue weighted by Crippen LogP contribution is 2.10. The van der Waals surface area contributed by atoms with E-state index in [1.54, 1.807) is 36.4 Å². The van der Waals surface area contributed by atoms with Crippen LogP contribution in [0.2, 0.25) is 5.02 Å². The number of nitrogen functional groups attached to an aromatic ring is 1. The Morgan fingerprint density at radius 3 is 2.56 bits per heavy atom. The number of hydrogen-bond donors (Lipinski definition) is 2. The van der Waals surface area contributed by atoms with Gasteiger partial charge in [-0.2, -0.15) is 0 Å². The zero-order valence-corrected chi connectivity index (χ0v) is 10.4. The van der Waals surface area contributed by atoms with Gasteiger partial charge < -0.3 is 11.1 Å². The second-order valence-corrected chi connectivity index (χ2v) is 4.37. The Balaban J connectivity index is 1.98. The molecule has 0 saturated carbocycles. The van der Waals surface area contributed by atoms with Crippen LogP contribution in [0.15, 0.2) is 48.5 Å². The van der Waals surface area contributed by atoms with E-state index in [4.69, 9.17) is 17.3 Å². The van der Waals surface area contributed by atoms with E-state index in [1.165, 1.54) is 0 Å². The van der Waals surface area contributed by atoms with Gasteiger partial charge in [-0.05, 0) is 35.9 Å². The molecule has 0 saturated heterocycles. The number of rotatable bonds is 3. The standard InChI is InChI=1S/C14H13ClN2O/c15-12-6-4-10(5-7-12)9-17-14(18)11-2-1-3-13(16)8-11/h1-8H,9,16H2,(H,17,18). The van der Waals surface area contributed by atoms with E-state index >= 15 is 0 Å². The Morgan fingerprint density at radius 1 is 1.17 bits per heavy atom. The maximum atomic E-state index is 11.8. The maximum absolute atomic E-state index is 11.8. The van der Waals surface area contributed by atoms with Crippen LogP contribution in [-0.4, -0.2) is 5.91 Å². The molecule has 0 spiro atoms. The maximum Gasteiger partial charge on any atom is 0.251 e. The number of amides is 1. The van der Waals surface area contributed by atoms with Crippen molar-refractivity contribution in [2.75, 3.05) is 5.73 Å². The first-order valence-electron chi connectivity index (χ1n) is 5.53. The summed E-state index contributed by atoms with van der Waals surface area (Å²) in [4.78, 5) is 11.8. The van der Waals surface area contributed by atoms with Crippen LogP contribution in [0.1, 0.15) is 15.9 Å². The lowest BCUT2D eigenvalue weighted by molar-refractivity contribution is 0.0951. The summed E-state index contributed by atoms with van der Waals surface area (Å²) in [6.45, 7) is 0.463. The minimum atomic E-state index is -0.141. The summed E-state index contributed by atoms with van der Waals surface area (Å²) >= 11 is 5.79. The van der Waals surface area contributed by atoms with Crippen molar-refractivity contribution in [1.82, 2.24) is 5.32 Å². The number of halogens is 1. The Kier molecular flexibility index (Phi) is 3.85. The lowest BCUT2D eigenvalue weighted by Crippen LogP contribution is -2.22. The van der Waals surface area contributed by atoms with Gasteiger partial charge in [-0.15, -0.1) is 0 Å². The van der Waals surface area contributed by atoms with Crippen molar-refractivity contribution >= 4 is 23.2 Å². The van der Waals surface area contributed by atoms with E-state index in [-0.39, 0.29) is 5.91 Å². The quantitative estimate of drug-likeness (QED) is 0.834. The van der Waals surface area contributed by atoms with Crippen molar-refractivity contribution in [3.8, 4) is 0 Å². The molecule has 4 heteroatoms. The zero-order chi connectivity index (χ0) is 13.0. The van der Waals surface area contributed by atoms with E-state index in [1.807, 2.05) is 12.1 Å². The minimum Gasteiger partial charge on any atom is -0.399 e. The van der Waals surface area contributed by atoms with Crippen LogP contribution in [-0.2, 0) is 6.54 Å². The number of nitrogens with one attached hydrogen (secondary N) is 1. The molecule has 2 aromatic carbocycles. The van der Waals surface area contributed by atoms with Gasteiger partial charge in [-0.1, -0.05) is 29.8 Å². The van der Waals surface area contributed by atoms with E-state index < -0.39 is 0 Å². The molecule has 0 unspecified atom stereocenters. The highest BCUT2D eigenvalue weighted by atomic mass is 35.5. The zero-order valence-electron chi connectivity index (χ0n) is 9.69. The van der Waals surface area contributed by atoms with Gasteiger partial charge in [0.15, 0.2) is 0 Å². The summed E-state index contributed by atoms with van der Waals surface area (Å²) in [7, 11) is 0. The van der Waals surface area contributed by atoms with Gasteiger partial charge in [0.1, 0.15) is 0 Å². The molecule has 0 heterocycles. The molecule has 3 N–H and O–H groups in total. The molecule has 1 amide bonds. The summed E-state index contributed by atoms with van der Waals surface area (Å²) < 4.78 is 0. The van der Waals surface area contributed by atoms with Crippen LogP contribution in [0, 0.1) is 0 Å². The molecule has 0 aliphatic rings. The fourth-order valence-electron chi connectivity index (χ4n) is 1.57. The summed E-state index contributed by atoms with van der Waals surface area (Å²) in [5, 5.41) is 3.51. The number of anilines is 1. The first-order valence-corrected chi connectivity index (χ1v) is 5.91. The molecule has 92 valence electrons. The van der Waals surface area contributed by atoms with Crippen molar-refractivity contribution in [3.05, 3.63) is 64.7 Å². The Morgan fingerprint density at radius 2 is 1.89 bits per heavy atom. The predicted octanol–water partition coefficient (Wildman–Crippen LogP) is 2.85. The topological polar surface area (TPSA) is 55.1 Å². The van der Waals surface area contributed by atoms with E-state index in [2.05, 4.69) is 5.32 Å². The molecule has 0 aliphatic carbocycles. The molecular weight excluding hydrogens is 248 g/mol. The smallest absolute Gasteiger partial charge is 0.251 e. The molecule has 0 aliphatic heterocycles. The highest BCUT2D eigenvalue weighted by molar-refractivity contribution is 6.30. The Bertz CT molecular complexity index is 552. The number of carbonyl (C=O) groups is 1. The molecular formula is C14H13ClN2O. The third kappa shape index (κ3) is 3.25. The van der Waals surface area contributed by atoms with E-state index in [9.17, 15) is 4.79 Å². The minimum absolute atomic E-state index is 0.141. The molecule has 0 atom stereocenters. The van der Waals surface area contributed by atoms with Gasteiger partial charge in [0.05, 0.1) is 0 Å². The number of carbonyl (C=O) groups excluding carboxylic acids is 1. The average molecular weight is 261 g/mol. The summed E-state index contributed by atoms with van der Waals surface area (Å²) in [6, 6.07) is 14.2. The number of hydrogen-bond acceptors (Lipinski definition) is 2. The van der Waals surface area contributed by atoms with Crippen LogP contribution in [0.5, 0.6) is 0 Å². The van der Waals surface area contributed by atoms with Crippen LogP contribution < -0.4 is 11.1 Å². The molecule has 0 bridgehead atoms. The Hall–Kier alpha value is -2.00. The molecule has 3 nitrogen and oxygen atoms in total. The summed E-state index contributed by atoms with van der Waals surface area (Å²) in [5.41, 5.74) is 7.76. The average Bonchev–Trinajstić information content (AvgIpc) is 2.38. The van der Waals surface area contributed by atoms with Gasteiger partial charge in [0.2, 0.25) is 0 Å². The fourth-order valence-corrected chi connectivity index (χ4v) is 1.69. The molecule has 18 heavy (non-hydrogen) atoms. The van der Waals surface area contributed by atoms with Gasteiger partial charge in [-0.3, -0.25) is 4.79 Å². The van der Waals surface area contributed by atoms with E-state index in [0.717, 1.165) is 5.56 Å². The molecule has 0 aromatic heterocycles. The van der Waals surface area contributed by atoms with Crippen LogP contribution in [0.25, 0.3) is 0 Å². The number of benzene rings is 2. The second-order valence-electron chi connectivity index (χ2n) is 3.93. The van der Waals surface area contributed by atoms with Crippen LogP contribution in [0.4, 0.5) is 5.69 Å². The van der Waals surface area contributed by atoms with Gasteiger partial charge >= 0.3 is 0 Å². The third-order valence-electron chi connectivity index (χ3n) is 2.52. The van der Waals surface area contributed by atoms with Crippen molar-refractivity contribution < 1.29 is 4.79 Å². The molecule has 0 fully saturated rings. The lowest BCUT2D eigenvalue weighted by Gasteiger charge is -2.06. The Labute approximate surface area is 111 Å². The first-order chi connectivity index (χ1) is 8.65. The lowest BCUT2D eigenvalue weighted by atomic mass is 10.2. The number of nitrogens with two attached hydrogens (primary N) is 1. The van der Waals surface area contributed by atoms with Gasteiger partial charge in [-0.25, -0.2) is 0 Å². The molecule has 2 aromatic rings. The summed E-state index contributed by atoms with van der Waals surface area (Å²) in [5.74, 6) is -0.141. The van der Waals surface area contributed by atoms with Gasteiger partial charge in [0.25, 0.3) is 5.91 Å². The highest BCUT2D eigenvalue weighted by Gasteiger charge is 2.04. The van der Waals surface area contributed by atoms with Crippen LogP contribution >= 0.6 is 11.6 Å². The largest absolute Gasteiger partial charge is 0.399 e. The van der Waals surface area contributed by atoms with Crippen LogP contribution in [0.3, 0.4) is 0 Å². The summed E-state index contributed by atoms with van der Waals surface area (Å²) in [6.07, 6.45) is 0. The molecule has 2 rings (SSSR count). The predicted molar refractivity (Wildman–Crippen MR) is 73.5 cm³/mol. The van der Waals surface area contributed by atoms with E-state index in [0.29, 0.717) is 22.8 Å². The van der Waals surface area contributed by atoms with Crippen molar-refractivity contribution in [3.63, 3.8) is 0 Å².